The minimum atomic E-state index is 0.194. The largest absolute Gasteiger partial charge is 0.102 e. The summed E-state index contributed by atoms with van der Waals surface area (Å²) >= 11 is 0. The smallest absolute Gasteiger partial charge is 0.00504 e. The molecule has 0 spiro atoms. The van der Waals surface area contributed by atoms with Crippen molar-refractivity contribution in [2.75, 3.05) is 0 Å². The van der Waals surface area contributed by atoms with Crippen molar-refractivity contribution in [1.29, 1.82) is 0 Å². The monoisotopic (exact) mass is 248 g/mol. The Hall–Kier alpha value is -1.04. The molecule has 0 amide bonds. The van der Waals surface area contributed by atoms with E-state index in [0.29, 0.717) is 0 Å². The van der Waals surface area contributed by atoms with Gasteiger partial charge in [-0.25, -0.2) is 0 Å². The Balaban J connectivity index is 0. The van der Waals surface area contributed by atoms with Gasteiger partial charge in [-0.3, -0.25) is 0 Å². The fourth-order valence-electron chi connectivity index (χ4n) is 1.82. The fourth-order valence-corrected chi connectivity index (χ4v) is 1.82. The van der Waals surface area contributed by atoms with Crippen LogP contribution in [-0.4, -0.2) is 0 Å². The van der Waals surface area contributed by atoms with Gasteiger partial charge in [0.2, 0.25) is 0 Å². The van der Waals surface area contributed by atoms with E-state index in [0.717, 1.165) is 25.7 Å². The van der Waals surface area contributed by atoms with Gasteiger partial charge in [-0.05, 0) is 25.7 Å². The Labute approximate surface area is 115 Å². The number of hydrogen-bond donors (Lipinski definition) is 0. The highest BCUT2D eigenvalue weighted by Gasteiger charge is 2.16. The van der Waals surface area contributed by atoms with Crippen LogP contribution in [0.15, 0.2) is 50.6 Å². The molecule has 18 heavy (non-hydrogen) atoms. The van der Waals surface area contributed by atoms with Gasteiger partial charge in [0.1, 0.15) is 0 Å². The molecule has 0 N–H and O–H groups in total. The third kappa shape index (κ3) is 5.53. The highest BCUT2D eigenvalue weighted by molar-refractivity contribution is 5.05. The van der Waals surface area contributed by atoms with Crippen LogP contribution in [0.2, 0.25) is 0 Å². The zero-order valence-electron chi connectivity index (χ0n) is 13.0. The lowest BCUT2D eigenvalue weighted by Crippen LogP contribution is -2.10. The maximum absolute atomic E-state index is 3.77. The molecule has 0 radical (unpaired) electrons. The van der Waals surface area contributed by atoms with Crippen molar-refractivity contribution in [1.82, 2.24) is 0 Å². The molecule has 104 valence electrons. The molecule has 0 aromatic carbocycles. The minimum absolute atomic E-state index is 0.194. The summed E-state index contributed by atoms with van der Waals surface area (Å²) in [6.07, 6.45) is 12.4. The maximum Gasteiger partial charge on any atom is 0.00504 e. The standard InChI is InChI=1S/2C9H16/c2*1-5-9(6-2,7-3)8-4/h2*5-6H,1-2,7-8H2,3-4H3. The van der Waals surface area contributed by atoms with Crippen LogP contribution in [0.5, 0.6) is 0 Å². The second-order valence-corrected chi connectivity index (χ2v) is 4.70. The van der Waals surface area contributed by atoms with Crippen molar-refractivity contribution >= 4 is 0 Å². The summed E-state index contributed by atoms with van der Waals surface area (Å²) in [5.74, 6) is 0. The second kappa shape index (κ2) is 9.94. The molecule has 0 bridgehead atoms. The van der Waals surface area contributed by atoms with Crippen molar-refractivity contribution < 1.29 is 0 Å². The SMILES string of the molecule is C=CC(C=C)(CC)CC.C=CC(C=C)(CC)CC. The first-order valence-electron chi connectivity index (χ1n) is 7.03. The topological polar surface area (TPSA) is 0 Å². The van der Waals surface area contributed by atoms with Crippen molar-refractivity contribution in [2.45, 2.75) is 53.4 Å². The lowest BCUT2D eigenvalue weighted by atomic mass is 9.83. The average Bonchev–Trinajstić information content (AvgIpc) is 2.46. The Kier molecular flexibility index (Phi) is 10.7. The first kappa shape index (κ1) is 19.3. The van der Waals surface area contributed by atoms with Crippen molar-refractivity contribution in [3.8, 4) is 0 Å². The Bertz CT molecular complexity index is 201. The van der Waals surface area contributed by atoms with Crippen molar-refractivity contribution in [2.24, 2.45) is 10.8 Å². The second-order valence-electron chi connectivity index (χ2n) is 4.70. The van der Waals surface area contributed by atoms with E-state index >= 15 is 0 Å². The number of hydrogen-bond acceptors (Lipinski definition) is 0. The van der Waals surface area contributed by atoms with E-state index in [9.17, 15) is 0 Å². The molecule has 0 saturated carbocycles. The van der Waals surface area contributed by atoms with E-state index in [2.05, 4.69) is 54.0 Å². The predicted molar refractivity (Wildman–Crippen MR) is 86.8 cm³/mol. The van der Waals surface area contributed by atoms with Crippen LogP contribution in [0, 0.1) is 10.8 Å². The summed E-state index contributed by atoms with van der Waals surface area (Å²) in [6, 6.07) is 0. The molecule has 0 aromatic rings. The van der Waals surface area contributed by atoms with E-state index in [-0.39, 0.29) is 10.8 Å². The van der Waals surface area contributed by atoms with Gasteiger partial charge in [0, 0.05) is 10.8 Å². The summed E-state index contributed by atoms with van der Waals surface area (Å²) in [5, 5.41) is 0. The molecule has 0 unspecified atom stereocenters. The van der Waals surface area contributed by atoms with E-state index in [4.69, 9.17) is 0 Å². The molecule has 0 heterocycles. The van der Waals surface area contributed by atoms with Crippen LogP contribution in [-0.2, 0) is 0 Å². The lowest BCUT2D eigenvalue weighted by Gasteiger charge is -2.22. The molecular formula is C18H32. The molecule has 0 atom stereocenters. The minimum Gasteiger partial charge on any atom is -0.102 e. The van der Waals surface area contributed by atoms with Gasteiger partial charge in [-0.2, -0.15) is 0 Å². The van der Waals surface area contributed by atoms with Gasteiger partial charge in [0.15, 0.2) is 0 Å². The lowest BCUT2D eigenvalue weighted by molar-refractivity contribution is 0.458. The van der Waals surface area contributed by atoms with Gasteiger partial charge in [0.25, 0.3) is 0 Å². The first-order valence-corrected chi connectivity index (χ1v) is 7.03. The van der Waals surface area contributed by atoms with Gasteiger partial charge in [0.05, 0.1) is 0 Å². The molecule has 0 aliphatic rings. The van der Waals surface area contributed by atoms with E-state index in [1.165, 1.54) is 0 Å². The highest BCUT2D eigenvalue weighted by atomic mass is 14.2. The molecule has 0 fully saturated rings. The Morgan fingerprint density at radius 2 is 0.722 bits per heavy atom. The quantitative estimate of drug-likeness (QED) is 0.440. The normalized spacial score (nSPS) is 10.9. The van der Waals surface area contributed by atoms with Crippen LogP contribution >= 0.6 is 0 Å². The Morgan fingerprint density at radius 3 is 0.722 bits per heavy atom. The van der Waals surface area contributed by atoms with Crippen LogP contribution in [0.3, 0.4) is 0 Å². The van der Waals surface area contributed by atoms with Crippen molar-refractivity contribution in [3.05, 3.63) is 50.6 Å². The van der Waals surface area contributed by atoms with Crippen LogP contribution in [0.1, 0.15) is 53.4 Å². The number of rotatable bonds is 8. The molecule has 0 heteroatoms. The summed E-state index contributed by atoms with van der Waals surface area (Å²) in [6.45, 7) is 23.7. The molecule has 0 aromatic heterocycles. The zero-order chi connectivity index (χ0) is 14.7. The molecule has 0 rings (SSSR count). The van der Waals surface area contributed by atoms with Gasteiger partial charge < -0.3 is 0 Å². The van der Waals surface area contributed by atoms with E-state index < -0.39 is 0 Å². The van der Waals surface area contributed by atoms with Crippen molar-refractivity contribution in [3.63, 3.8) is 0 Å². The predicted octanol–water partition coefficient (Wildman–Crippen LogP) is 6.33. The number of allylic oxidation sites excluding steroid dienone is 4. The Morgan fingerprint density at radius 1 is 0.556 bits per heavy atom. The third-order valence-electron chi connectivity index (χ3n) is 4.26. The van der Waals surface area contributed by atoms with Crippen LogP contribution in [0.4, 0.5) is 0 Å². The van der Waals surface area contributed by atoms with Gasteiger partial charge >= 0.3 is 0 Å². The average molecular weight is 248 g/mol. The maximum atomic E-state index is 3.77. The molecule has 0 aliphatic heterocycles. The van der Waals surface area contributed by atoms with Crippen LogP contribution < -0.4 is 0 Å². The molecule has 0 nitrogen and oxygen atoms in total. The molecule has 0 aliphatic carbocycles. The first-order chi connectivity index (χ1) is 8.49. The summed E-state index contributed by atoms with van der Waals surface area (Å²) < 4.78 is 0. The third-order valence-corrected chi connectivity index (χ3v) is 4.26. The van der Waals surface area contributed by atoms with Gasteiger partial charge in [-0.15, -0.1) is 26.3 Å². The van der Waals surface area contributed by atoms with E-state index in [1.54, 1.807) is 0 Å². The summed E-state index contributed by atoms with van der Waals surface area (Å²) in [5.41, 5.74) is 0.389. The molecular weight excluding hydrogens is 216 g/mol. The molecule has 0 saturated heterocycles. The highest BCUT2D eigenvalue weighted by Crippen LogP contribution is 2.28. The summed E-state index contributed by atoms with van der Waals surface area (Å²) in [7, 11) is 0. The van der Waals surface area contributed by atoms with Gasteiger partial charge in [-0.1, -0.05) is 52.0 Å². The zero-order valence-corrected chi connectivity index (χ0v) is 13.0. The van der Waals surface area contributed by atoms with Crippen LogP contribution in [0.25, 0.3) is 0 Å². The fraction of sp³-hybridized carbons (Fsp3) is 0.556. The van der Waals surface area contributed by atoms with E-state index in [1.807, 2.05) is 24.3 Å². The summed E-state index contributed by atoms with van der Waals surface area (Å²) in [4.78, 5) is 0.